The fraction of sp³-hybridized carbons (Fsp3) is 0.450. The van der Waals surface area contributed by atoms with Gasteiger partial charge in [0.15, 0.2) is 0 Å². The fourth-order valence-electron chi connectivity index (χ4n) is 2.66. The molecule has 2 rings (SSSR count). The molecule has 1 heterocycles. The molecular formula is C20H27N3O2S. The lowest BCUT2D eigenvalue weighted by molar-refractivity contribution is 0.0746. The zero-order valence-electron chi connectivity index (χ0n) is 16.4. The third-order valence-electron chi connectivity index (χ3n) is 4.20. The summed E-state index contributed by atoms with van der Waals surface area (Å²) >= 11 is 1.49. The number of ether oxygens (including phenoxy) is 1. The molecule has 1 aromatic heterocycles. The van der Waals surface area contributed by atoms with Gasteiger partial charge in [-0.15, -0.1) is 11.8 Å². The molecule has 0 atom stereocenters. The zero-order valence-corrected chi connectivity index (χ0v) is 17.2. The molecule has 0 unspecified atom stereocenters. The Morgan fingerprint density at radius 2 is 1.88 bits per heavy atom. The van der Waals surface area contributed by atoms with E-state index in [4.69, 9.17) is 4.74 Å². The molecule has 0 aliphatic carbocycles. The van der Waals surface area contributed by atoms with Gasteiger partial charge in [-0.2, -0.15) is 0 Å². The van der Waals surface area contributed by atoms with E-state index in [2.05, 4.69) is 23.8 Å². The van der Waals surface area contributed by atoms with E-state index in [0.29, 0.717) is 18.7 Å². The second kappa shape index (κ2) is 9.03. The molecule has 0 aliphatic heterocycles. The molecule has 2 aromatic rings. The highest BCUT2D eigenvalue weighted by molar-refractivity contribution is 7.98. The molecule has 0 N–H and O–H groups in total. The highest BCUT2D eigenvalue weighted by atomic mass is 32.2. The van der Waals surface area contributed by atoms with Gasteiger partial charge in [-0.1, -0.05) is 26.0 Å². The van der Waals surface area contributed by atoms with E-state index >= 15 is 0 Å². The summed E-state index contributed by atoms with van der Waals surface area (Å²) in [4.78, 5) is 24.2. The first kappa shape index (κ1) is 20.2. The molecule has 0 bridgehead atoms. The standard InChI is InChI=1S/C20H27N3O2S/c1-7-23(12-15-8-10-16(25-5)11-9-15)20(24)17-14(4)21-18(13(2)3)22-19(17)26-6/h8-11,13H,7,12H2,1-6H3. The highest BCUT2D eigenvalue weighted by Gasteiger charge is 2.23. The number of amides is 1. The second-order valence-electron chi connectivity index (χ2n) is 6.37. The molecule has 0 aliphatic rings. The summed E-state index contributed by atoms with van der Waals surface area (Å²) < 4.78 is 5.19. The van der Waals surface area contributed by atoms with Crippen molar-refractivity contribution in [3.63, 3.8) is 0 Å². The number of thioether (sulfide) groups is 1. The number of aromatic nitrogens is 2. The fourth-order valence-corrected chi connectivity index (χ4v) is 3.28. The predicted octanol–water partition coefficient (Wildman–Crippen LogP) is 4.30. The topological polar surface area (TPSA) is 55.3 Å². The largest absolute Gasteiger partial charge is 0.497 e. The highest BCUT2D eigenvalue weighted by Crippen LogP contribution is 2.25. The summed E-state index contributed by atoms with van der Waals surface area (Å²) in [5.41, 5.74) is 2.41. The third-order valence-corrected chi connectivity index (χ3v) is 4.88. The van der Waals surface area contributed by atoms with Crippen molar-refractivity contribution in [2.24, 2.45) is 0 Å². The number of hydrogen-bond acceptors (Lipinski definition) is 5. The molecule has 140 valence electrons. The molecular weight excluding hydrogens is 346 g/mol. The SMILES string of the molecule is CCN(Cc1ccc(OC)cc1)C(=O)c1c(C)nc(C(C)C)nc1SC. The minimum Gasteiger partial charge on any atom is -0.497 e. The van der Waals surface area contributed by atoms with E-state index in [9.17, 15) is 4.79 Å². The first-order valence-electron chi connectivity index (χ1n) is 8.75. The van der Waals surface area contributed by atoms with E-state index in [1.807, 2.05) is 49.3 Å². The van der Waals surface area contributed by atoms with Crippen molar-refractivity contribution in [1.82, 2.24) is 14.9 Å². The third kappa shape index (κ3) is 4.55. The Morgan fingerprint density at radius 3 is 2.38 bits per heavy atom. The van der Waals surface area contributed by atoms with E-state index in [0.717, 1.165) is 27.9 Å². The molecule has 1 amide bonds. The molecule has 5 nitrogen and oxygen atoms in total. The van der Waals surface area contributed by atoms with E-state index in [1.54, 1.807) is 7.11 Å². The van der Waals surface area contributed by atoms with Crippen molar-refractivity contribution in [3.8, 4) is 5.75 Å². The average Bonchev–Trinajstić information content (AvgIpc) is 2.65. The van der Waals surface area contributed by atoms with E-state index in [1.165, 1.54) is 11.8 Å². The Hall–Kier alpha value is -2.08. The number of methoxy groups -OCH3 is 1. The Kier molecular flexibility index (Phi) is 7.03. The van der Waals surface area contributed by atoms with Crippen LogP contribution in [0.25, 0.3) is 0 Å². The maximum absolute atomic E-state index is 13.2. The number of hydrogen-bond donors (Lipinski definition) is 0. The smallest absolute Gasteiger partial charge is 0.258 e. The Bertz CT molecular complexity index is 760. The predicted molar refractivity (Wildman–Crippen MR) is 106 cm³/mol. The number of carbonyl (C=O) groups is 1. The normalized spacial score (nSPS) is 10.9. The number of benzene rings is 1. The van der Waals surface area contributed by atoms with Crippen molar-refractivity contribution in [3.05, 3.63) is 46.9 Å². The number of nitrogens with zero attached hydrogens (tertiary/aromatic N) is 3. The van der Waals surface area contributed by atoms with Crippen molar-refractivity contribution in [1.29, 1.82) is 0 Å². The first-order chi connectivity index (χ1) is 12.4. The lowest BCUT2D eigenvalue weighted by Gasteiger charge is -2.23. The zero-order chi connectivity index (χ0) is 19.3. The molecule has 1 aromatic carbocycles. The van der Waals surface area contributed by atoms with Gasteiger partial charge in [0, 0.05) is 19.0 Å². The van der Waals surface area contributed by atoms with Crippen LogP contribution in [0.15, 0.2) is 29.3 Å². The van der Waals surface area contributed by atoms with Crippen LogP contribution in [0.2, 0.25) is 0 Å². The molecule has 0 spiro atoms. The van der Waals surface area contributed by atoms with Crippen LogP contribution in [0.4, 0.5) is 0 Å². The average molecular weight is 374 g/mol. The van der Waals surface area contributed by atoms with E-state index < -0.39 is 0 Å². The minimum atomic E-state index is -0.0273. The first-order valence-corrected chi connectivity index (χ1v) is 9.98. The summed E-state index contributed by atoms with van der Waals surface area (Å²) in [5, 5.41) is 0.749. The summed E-state index contributed by atoms with van der Waals surface area (Å²) in [5.74, 6) is 1.79. The van der Waals surface area contributed by atoms with Crippen molar-refractivity contribution in [2.45, 2.75) is 45.2 Å². The van der Waals surface area contributed by atoms with Gasteiger partial charge in [-0.25, -0.2) is 9.97 Å². The summed E-state index contributed by atoms with van der Waals surface area (Å²) in [6.45, 7) is 9.15. The van der Waals surface area contributed by atoms with Crippen molar-refractivity contribution < 1.29 is 9.53 Å². The number of aryl methyl sites for hydroxylation is 1. The number of rotatable bonds is 7. The van der Waals surface area contributed by atoms with E-state index in [-0.39, 0.29) is 11.8 Å². The summed E-state index contributed by atoms with van der Waals surface area (Å²) in [7, 11) is 1.64. The van der Waals surface area contributed by atoms with Crippen LogP contribution >= 0.6 is 11.8 Å². The molecule has 0 fully saturated rings. The van der Waals surface area contributed by atoms with Crippen LogP contribution in [0.5, 0.6) is 5.75 Å². The molecule has 0 saturated carbocycles. The van der Waals surface area contributed by atoms with Gasteiger partial charge >= 0.3 is 0 Å². The van der Waals surface area contributed by atoms with Gasteiger partial charge in [0.2, 0.25) is 0 Å². The van der Waals surface area contributed by atoms with Gasteiger partial charge in [-0.3, -0.25) is 4.79 Å². The Labute approximate surface area is 160 Å². The number of carbonyl (C=O) groups excluding carboxylic acids is 1. The van der Waals surface area contributed by atoms with Crippen LogP contribution in [-0.4, -0.2) is 40.7 Å². The van der Waals surface area contributed by atoms with Gasteiger partial charge in [-0.05, 0) is 37.8 Å². The Balaban J connectivity index is 2.32. The lowest BCUT2D eigenvalue weighted by atomic mass is 10.1. The van der Waals surface area contributed by atoms with Gasteiger partial charge in [0.1, 0.15) is 16.6 Å². The summed E-state index contributed by atoms with van der Waals surface area (Å²) in [6, 6.07) is 7.78. The van der Waals surface area contributed by atoms with Crippen LogP contribution in [-0.2, 0) is 6.54 Å². The maximum Gasteiger partial charge on any atom is 0.258 e. The maximum atomic E-state index is 13.2. The van der Waals surface area contributed by atoms with Crippen LogP contribution < -0.4 is 4.74 Å². The van der Waals surface area contributed by atoms with Gasteiger partial charge in [0.05, 0.1) is 18.4 Å². The van der Waals surface area contributed by atoms with Gasteiger partial charge in [0.25, 0.3) is 5.91 Å². The Morgan fingerprint density at radius 1 is 1.23 bits per heavy atom. The molecule has 0 saturated heterocycles. The monoisotopic (exact) mass is 373 g/mol. The van der Waals surface area contributed by atoms with Crippen LogP contribution in [0.3, 0.4) is 0 Å². The summed E-state index contributed by atoms with van der Waals surface area (Å²) in [6.07, 6.45) is 1.95. The quantitative estimate of drug-likeness (QED) is 0.535. The second-order valence-corrected chi connectivity index (χ2v) is 7.17. The molecule has 0 radical (unpaired) electrons. The van der Waals surface area contributed by atoms with Crippen molar-refractivity contribution >= 4 is 17.7 Å². The van der Waals surface area contributed by atoms with Crippen molar-refractivity contribution in [2.75, 3.05) is 19.9 Å². The minimum absolute atomic E-state index is 0.0273. The lowest BCUT2D eigenvalue weighted by Crippen LogP contribution is -2.32. The van der Waals surface area contributed by atoms with Crippen LogP contribution in [0.1, 0.15) is 54.1 Å². The van der Waals surface area contributed by atoms with Gasteiger partial charge < -0.3 is 9.64 Å². The van der Waals surface area contributed by atoms with Crippen LogP contribution in [0, 0.1) is 6.92 Å². The molecule has 6 heteroatoms. The molecule has 26 heavy (non-hydrogen) atoms.